The molecule has 0 spiro atoms. The number of hydrogen-bond donors (Lipinski definition) is 1. The predicted molar refractivity (Wildman–Crippen MR) is 60.2 cm³/mol. The Balaban J connectivity index is 0.00000112. The molecule has 2 aliphatic rings. The summed E-state index contributed by atoms with van der Waals surface area (Å²) in [6.45, 7) is 2.42. The molecule has 0 heterocycles. The smallest absolute Gasteiger partial charge is 0.0987 e. The highest BCUT2D eigenvalue weighted by molar-refractivity contribution is 4.91. The Hall–Kier alpha value is 0.540. The Morgan fingerprint density at radius 3 is 1.88 bits per heavy atom. The van der Waals surface area contributed by atoms with Gasteiger partial charge in [-0.1, -0.05) is 19.8 Å². The Morgan fingerprint density at radius 2 is 1.44 bits per heavy atom. The number of hydrogen-bond acceptors (Lipinski definition) is 0. The van der Waals surface area contributed by atoms with E-state index >= 15 is 0 Å². The summed E-state index contributed by atoms with van der Waals surface area (Å²) in [4.78, 5) is 0. The second-order valence-corrected chi connectivity index (χ2v) is 5.69. The molecule has 0 saturated heterocycles. The molecular formula is C13H26Cl2N-. The molecular weight excluding hydrogens is 241 g/mol. The van der Waals surface area contributed by atoms with Crippen LogP contribution in [-0.2, 0) is 0 Å². The van der Waals surface area contributed by atoms with Crippen molar-refractivity contribution < 1.29 is 30.1 Å². The standard InChI is InChI=1S/C13H25N.2ClH/c1-11-7-9-13(14-2,10-8-11)12-5-3-4-6-12;;/h11-12,14H,3-10H2,1-2H3;2*1H/p-1. The van der Waals surface area contributed by atoms with Gasteiger partial charge in [-0.2, -0.15) is 0 Å². The predicted octanol–water partition coefficient (Wildman–Crippen LogP) is -3.67. The molecule has 0 amide bonds. The summed E-state index contributed by atoms with van der Waals surface area (Å²) in [5.74, 6) is 2.03. The summed E-state index contributed by atoms with van der Waals surface area (Å²) in [5.41, 5.74) is 0.656. The lowest BCUT2D eigenvalue weighted by atomic mass is 9.69. The molecule has 2 N–H and O–H groups in total. The van der Waals surface area contributed by atoms with Crippen LogP contribution < -0.4 is 30.1 Å². The molecule has 98 valence electrons. The van der Waals surface area contributed by atoms with Crippen molar-refractivity contribution in [3.05, 3.63) is 0 Å². The van der Waals surface area contributed by atoms with Crippen molar-refractivity contribution in [2.45, 2.75) is 63.8 Å². The molecule has 2 fully saturated rings. The van der Waals surface area contributed by atoms with Gasteiger partial charge in [0.15, 0.2) is 0 Å². The maximum Gasteiger partial charge on any atom is 0.0987 e. The Labute approximate surface area is 113 Å². The quantitative estimate of drug-likeness (QED) is 0.531. The molecule has 0 radical (unpaired) electrons. The Kier molecular flexibility index (Phi) is 7.32. The van der Waals surface area contributed by atoms with E-state index in [0.29, 0.717) is 5.54 Å². The van der Waals surface area contributed by atoms with Crippen LogP contribution >= 0.6 is 0 Å². The lowest BCUT2D eigenvalue weighted by molar-refractivity contribution is -0.716. The normalized spacial score (nSPS) is 35.2. The van der Waals surface area contributed by atoms with Gasteiger partial charge in [-0.3, -0.25) is 0 Å². The summed E-state index contributed by atoms with van der Waals surface area (Å²) in [7, 11) is 2.31. The third kappa shape index (κ3) is 3.27. The van der Waals surface area contributed by atoms with Gasteiger partial charge in [0, 0.05) is 18.8 Å². The zero-order valence-corrected chi connectivity index (χ0v) is 12.2. The maximum absolute atomic E-state index is 2.56. The Morgan fingerprint density at radius 1 is 0.938 bits per heavy atom. The molecule has 0 aromatic carbocycles. The van der Waals surface area contributed by atoms with Gasteiger partial charge < -0.3 is 30.1 Å². The van der Waals surface area contributed by atoms with E-state index in [-0.39, 0.29) is 24.8 Å². The maximum atomic E-state index is 2.56. The largest absolute Gasteiger partial charge is 1.00 e. The van der Waals surface area contributed by atoms with Crippen molar-refractivity contribution >= 4 is 0 Å². The van der Waals surface area contributed by atoms with Crippen LogP contribution in [0.2, 0.25) is 0 Å². The lowest BCUT2D eigenvalue weighted by Gasteiger charge is -2.40. The second kappa shape index (κ2) is 7.08. The average molecular weight is 267 g/mol. The number of rotatable bonds is 2. The van der Waals surface area contributed by atoms with Gasteiger partial charge in [-0.15, -0.1) is 0 Å². The fourth-order valence-electron chi connectivity index (χ4n) is 3.73. The highest BCUT2D eigenvalue weighted by atomic mass is 35.5. The van der Waals surface area contributed by atoms with Gasteiger partial charge in [0.2, 0.25) is 0 Å². The van der Waals surface area contributed by atoms with Gasteiger partial charge in [0.05, 0.1) is 12.6 Å². The van der Waals surface area contributed by atoms with Crippen LogP contribution in [0.3, 0.4) is 0 Å². The van der Waals surface area contributed by atoms with Crippen LogP contribution in [0.15, 0.2) is 0 Å². The molecule has 1 nitrogen and oxygen atoms in total. The van der Waals surface area contributed by atoms with Crippen molar-refractivity contribution in [2.75, 3.05) is 7.05 Å². The SMILES string of the molecule is C[NH2+]C1(C2CCCC2)CCC(C)CC1.[Cl-].[Cl-]. The van der Waals surface area contributed by atoms with Crippen LogP contribution in [0.5, 0.6) is 0 Å². The van der Waals surface area contributed by atoms with Gasteiger partial charge in [0.25, 0.3) is 0 Å². The zero-order chi connectivity index (χ0) is 10.0. The molecule has 2 rings (SSSR count). The third-order valence-corrected chi connectivity index (χ3v) is 4.95. The first-order chi connectivity index (χ1) is 6.77. The summed E-state index contributed by atoms with van der Waals surface area (Å²) in [6.07, 6.45) is 11.9. The minimum absolute atomic E-state index is 0. The number of quaternary nitrogens is 1. The number of nitrogens with two attached hydrogens (primary N) is 1. The molecule has 0 unspecified atom stereocenters. The average Bonchev–Trinajstić information content (AvgIpc) is 2.73. The molecule has 0 aliphatic heterocycles. The monoisotopic (exact) mass is 266 g/mol. The van der Waals surface area contributed by atoms with E-state index in [2.05, 4.69) is 19.3 Å². The van der Waals surface area contributed by atoms with E-state index in [1.165, 1.54) is 51.4 Å². The molecule has 2 aliphatic carbocycles. The highest BCUT2D eigenvalue weighted by Crippen LogP contribution is 2.41. The van der Waals surface area contributed by atoms with Crippen molar-refractivity contribution in [1.82, 2.24) is 0 Å². The molecule has 16 heavy (non-hydrogen) atoms. The van der Waals surface area contributed by atoms with Gasteiger partial charge in [-0.25, -0.2) is 0 Å². The molecule has 0 atom stereocenters. The van der Waals surface area contributed by atoms with E-state index in [1.807, 2.05) is 0 Å². The summed E-state index contributed by atoms with van der Waals surface area (Å²) in [5, 5.41) is 2.56. The Bertz CT molecular complexity index is 182. The fourth-order valence-corrected chi connectivity index (χ4v) is 3.73. The van der Waals surface area contributed by atoms with Crippen LogP contribution in [0.25, 0.3) is 0 Å². The van der Waals surface area contributed by atoms with E-state index < -0.39 is 0 Å². The van der Waals surface area contributed by atoms with Crippen molar-refractivity contribution in [3.8, 4) is 0 Å². The molecule has 3 heteroatoms. The minimum Gasteiger partial charge on any atom is -1.00 e. The topological polar surface area (TPSA) is 16.6 Å². The fraction of sp³-hybridized carbons (Fsp3) is 1.00. The van der Waals surface area contributed by atoms with Crippen LogP contribution in [0.4, 0.5) is 0 Å². The van der Waals surface area contributed by atoms with E-state index in [0.717, 1.165) is 11.8 Å². The van der Waals surface area contributed by atoms with Gasteiger partial charge in [0.1, 0.15) is 0 Å². The highest BCUT2D eigenvalue weighted by Gasteiger charge is 2.44. The molecule has 0 aromatic rings. The first-order valence-electron chi connectivity index (χ1n) is 6.57. The van der Waals surface area contributed by atoms with Crippen molar-refractivity contribution in [3.63, 3.8) is 0 Å². The zero-order valence-electron chi connectivity index (χ0n) is 10.6. The lowest BCUT2D eigenvalue weighted by Crippen LogP contribution is -3.00. The van der Waals surface area contributed by atoms with E-state index in [1.54, 1.807) is 0 Å². The van der Waals surface area contributed by atoms with Gasteiger partial charge in [-0.05, 0) is 31.6 Å². The van der Waals surface area contributed by atoms with Crippen LogP contribution in [0, 0.1) is 11.8 Å². The molecule has 2 saturated carbocycles. The van der Waals surface area contributed by atoms with Gasteiger partial charge >= 0.3 is 0 Å². The van der Waals surface area contributed by atoms with Crippen LogP contribution in [0.1, 0.15) is 58.3 Å². The molecule has 0 aromatic heterocycles. The van der Waals surface area contributed by atoms with E-state index in [9.17, 15) is 0 Å². The third-order valence-electron chi connectivity index (χ3n) is 4.95. The summed E-state index contributed by atoms with van der Waals surface area (Å²) in [6, 6.07) is 0. The molecule has 0 bridgehead atoms. The summed E-state index contributed by atoms with van der Waals surface area (Å²) >= 11 is 0. The second-order valence-electron chi connectivity index (χ2n) is 5.69. The first-order valence-corrected chi connectivity index (χ1v) is 6.57. The minimum atomic E-state index is 0. The number of halogens is 2. The first kappa shape index (κ1) is 16.5. The van der Waals surface area contributed by atoms with Crippen molar-refractivity contribution in [1.29, 1.82) is 0 Å². The van der Waals surface area contributed by atoms with Crippen molar-refractivity contribution in [2.24, 2.45) is 11.8 Å². The summed E-state index contributed by atoms with van der Waals surface area (Å²) < 4.78 is 0. The van der Waals surface area contributed by atoms with E-state index in [4.69, 9.17) is 0 Å². The van der Waals surface area contributed by atoms with Crippen LogP contribution in [-0.4, -0.2) is 12.6 Å².